The highest BCUT2D eigenvalue weighted by atomic mass is 32.2. The lowest BCUT2D eigenvalue weighted by atomic mass is 10.2. The first-order chi connectivity index (χ1) is 9.41. The van der Waals surface area contributed by atoms with Gasteiger partial charge in [0, 0.05) is 45.0 Å². The van der Waals surface area contributed by atoms with Crippen molar-refractivity contribution in [3.8, 4) is 0 Å². The van der Waals surface area contributed by atoms with E-state index >= 15 is 0 Å². The summed E-state index contributed by atoms with van der Waals surface area (Å²) in [5.74, 6) is 0.530. The summed E-state index contributed by atoms with van der Waals surface area (Å²) in [7, 11) is -1.44. The van der Waals surface area contributed by atoms with Crippen molar-refractivity contribution in [1.82, 2.24) is 14.2 Å². The van der Waals surface area contributed by atoms with Gasteiger partial charge in [-0.3, -0.25) is 4.79 Å². The second-order valence-electron chi connectivity index (χ2n) is 4.63. The van der Waals surface area contributed by atoms with Gasteiger partial charge in [-0.15, -0.1) is 0 Å². The number of piperazine rings is 1. The Bertz CT molecular complexity index is 594. The number of rotatable bonds is 3. The van der Waals surface area contributed by atoms with Gasteiger partial charge in [-0.05, 0) is 12.1 Å². The average Bonchev–Trinajstić information content (AvgIpc) is 2.46. The molecular weight excluding hydrogens is 280 g/mol. The predicted molar refractivity (Wildman–Crippen MR) is 76.1 cm³/mol. The van der Waals surface area contributed by atoms with E-state index in [0.717, 1.165) is 0 Å². The molecule has 1 fully saturated rings. The highest BCUT2D eigenvalue weighted by Gasteiger charge is 2.26. The van der Waals surface area contributed by atoms with Crippen LogP contribution < -0.4 is 5.32 Å². The highest BCUT2D eigenvalue weighted by Crippen LogP contribution is 2.12. The van der Waals surface area contributed by atoms with E-state index in [1.54, 1.807) is 30.3 Å². The summed E-state index contributed by atoms with van der Waals surface area (Å²) in [4.78, 5) is 18.1. The largest absolute Gasteiger partial charge is 0.373 e. The molecule has 110 valence electrons. The number of carbonyl (C=O) groups excluding carboxylic acids is 1. The summed E-state index contributed by atoms with van der Waals surface area (Å²) in [6.07, 6.45) is 2.76. The maximum absolute atomic E-state index is 12.3. The lowest BCUT2D eigenvalue weighted by molar-refractivity contribution is 0.0698. The van der Waals surface area contributed by atoms with Crippen LogP contribution in [0, 0.1) is 0 Å². The van der Waals surface area contributed by atoms with Gasteiger partial charge in [0.05, 0.1) is 6.26 Å². The van der Waals surface area contributed by atoms with Crippen LogP contribution in [0.4, 0.5) is 5.82 Å². The van der Waals surface area contributed by atoms with Crippen LogP contribution >= 0.6 is 0 Å². The topological polar surface area (TPSA) is 82.6 Å². The van der Waals surface area contributed by atoms with Gasteiger partial charge in [0.2, 0.25) is 10.0 Å². The maximum atomic E-state index is 12.3. The molecule has 20 heavy (non-hydrogen) atoms. The van der Waals surface area contributed by atoms with Crippen molar-refractivity contribution >= 4 is 21.7 Å². The van der Waals surface area contributed by atoms with E-state index in [9.17, 15) is 13.2 Å². The molecule has 0 radical (unpaired) electrons. The highest BCUT2D eigenvalue weighted by molar-refractivity contribution is 7.88. The number of aromatic nitrogens is 1. The van der Waals surface area contributed by atoms with Crippen molar-refractivity contribution in [2.24, 2.45) is 0 Å². The fourth-order valence-corrected chi connectivity index (χ4v) is 2.93. The van der Waals surface area contributed by atoms with Crippen LogP contribution in [-0.2, 0) is 10.0 Å². The van der Waals surface area contributed by atoms with Crippen LogP contribution in [0.5, 0.6) is 0 Å². The molecule has 0 spiro atoms. The fourth-order valence-electron chi connectivity index (χ4n) is 2.11. The van der Waals surface area contributed by atoms with Crippen molar-refractivity contribution in [2.45, 2.75) is 0 Å². The Balaban J connectivity index is 2.05. The van der Waals surface area contributed by atoms with Crippen LogP contribution in [-0.4, -0.2) is 68.0 Å². The molecule has 0 unspecified atom stereocenters. The molecule has 1 aliphatic heterocycles. The van der Waals surface area contributed by atoms with E-state index in [2.05, 4.69) is 10.3 Å². The third-order valence-electron chi connectivity index (χ3n) is 3.26. The Morgan fingerprint density at radius 2 is 1.95 bits per heavy atom. The van der Waals surface area contributed by atoms with E-state index in [1.807, 2.05) is 0 Å². The molecule has 1 amide bonds. The summed E-state index contributed by atoms with van der Waals surface area (Å²) in [5.41, 5.74) is 0.553. The van der Waals surface area contributed by atoms with Gasteiger partial charge in [0.25, 0.3) is 5.91 Å². The SMILES string of the molecule is CNc1cc(C(=O)N2CCN(S(C)(=O)=O)CC2)ccn1. The fraction of sp³-hybridized carbons (Fsp3) is 0.500. The number of nitrogens with zero attached hydrogens (tertiary/aromatic N) is 3. The molecule has 0 atom stereocenters. The lowest BCUT2D eigenvalue weighted by Crippen LogP contribution is -2.50. The number of hydrogen-bond donors (Lipinski definition) is 1. The molecular formula is C12H18N4O3S. The molecule has 8 heteroatoms. The van der Waals surface area contributed by atoms with Crippen LogP contribution in [0.25, 0.3) is 0 Å². The maximum Gasteiger partial charge on any atom is 0.254 e. The third-order valence-corrected chi connectivity index (χ3v) is 4.56. The van der Waals surface area contributed by atoms with Crippen LogP contribution in [0.2, 0.25) is 0 Å². The van der Waals surface area contributed by atoms with Crippen LogP contribution in [0.3, 0.4) is 0 Å². The molecule has 1 aromatic rings. The quantitative estimate of drug-likeness (QED) is 0.838. The van der Waals surface area contributed by atoms with Crippen molar-refractivity contribution in [1.29, 1.82) is 0 Å². The minimum absolute atomic E-state index is 0.1000. The Morgan fingerprint density at radius 3 is 2.50 bits per heavy atom. The first-order valence-electron chi connectivity index (χ1n) is 6.30. The lowest BCUT2D eigenvalue weighted by Gasteiger charge is -2.33. The molecule has 0 bridgehead atoms. The third kappa shape index (κ3) is 3.26. The predicted octanol–water partition coefficient (Wildman–Crippen LogP) is -0.159. The van der Waals surface area contributed by atoms with E-state index < -0.39 is 10.0 Å². The second kappa shape index (κ2) is 5.76. The first kappa shape index (κ1) is 14.7. The standard InChI is InChI=1S/C12H18N4O3S/c1-13-11-9-10(3-4-14-11)12(17)15-5-7-16(8-6-15)20(2,18)19/h3-4,9H,5-8H2,1-2H3,(H,13,14). The smallest absolute Gasteiger partial charge is 0.254 e. The summed E-state index contributed by atoms with van der Waals surface area (Å²) in [6, 6.07) is 3.34. The summed E-state index contributed by atoms with van der Waals surface area (Å²) in [5, 5.41) is 2.88. The monoisotopic (exact) mass is 298 g/mol. The number of pyridine rings is 1. The molecule has 1 aromatic heterocycles. The molecule has 2 rings (SSSR count). The zero-order chi connectivity index (χ0) is 14.8. The van der Waals surface area contributed by atoms with Crippen molar-refractivity contribution in [3.63, 3.8) is 0 Å². The van der Waals surface area contributed by atoms with Crippen molar-refractivity contribution in [3.05, 3.63) is 23.9 Å². The molecule has 1 saturated heterocycles. The molecule has 0 aromatic carbocycles. The number of carbonyl (C=O) groups is 1. The van der Waals surface area contributed by atoms with E-state index in [1.165, 1.54) is 10.6 Å². The van der Waals surface area contributed by atoms with Gasteiger partial charge in [-0.1, -0.05) is 0 Å². The van der Waals surface area contributed by atoms with Crippen LogP contribution in [0.1, 0.15) is 10.4 Å². The summed E-state index contributed by atoms with van der Waals surface area (Å²) >= 11 is 0. The van der Waals surface area contributed by atoms with Crippen molar-refractivity contribution < 1.29 is 13.2 Å². The van der Waals surface area contributed by atoms with Gasteiger partial charge < -0.3 is 10.2 Å². The molecule has 0 saturated carbocycles. The Labute approximate surface area is 118 Å². The molecule has 2 heterocycles. The summed E-state index contributed by atoms with van der Waals surface area (Å²) in [6.45, 7) is 1.50. The van der Waals surface area contributed by atoms with Gasteiger partial charge in [0.15, 0.2) is 0 Å². The normalized spacial score (nSPS) is 17.0. The van der Waals surface area contributed by atoms with Gasteiger partial charge in [-0.2, -0.15) is 4.31 Å². The molecule has 1 N–H and O–H groups in total. The number of hydrogen-bond acceptors (Lipinski definition) is 5. The minimum atomic E-state index is -3.17. The Morgan fingerprint density at radius 1 is 1.30 bits per heavy atom. The minimum Gasteiger partial charge on any atom is -0.373 e. The number of sulfonamides is 1. The van der Waals surface area contributed by atoms with Gasteiger partial charge in [0.1, 0.15) is 5.82 Å². The van der Waals surface area contributed by atoms with E-state index in [4.69, 9.17) is 0 Å². The number of nitrogens with one attached hydrogen (secondary N) is 1. The van der Waals surface area contributed by atoms with Gasteiger partial charge in [-0.25, -0.2) is 13.4 Å². The van der Waals surface area contributed by atoms with Gasteiger partial charge >= 0.3 is 0 Å². The van der Waals surface area contributed by atoms with Crippen molar-refractivity contribution in [2.75, 3.05) is 44.8 Å². The zero-order valence-corrected chi connectivity index (χ0v) is 12.4. The van der Waals surface area contributed by atoms with E-state index in [0.29, 0.717) is 37.6 Å². The van der Waals surface area contributed by atoms with Crippen LogP contribution in [0.15, 0.2) is 18.3 Å². The Kier molecular flexibility index (Phi) is 4.24. The molecule has 1 aliphatic rings. The molecule has 0 aliphatic carbocycles. The summed E-state index contributed by atoms with van der Waals surface area (Å²) < 4.78 is 24.2. The molecule has 7 nitrogen and oxygen atoms in total. The van der Waals surface area contributed by atoms with E-state index in [-0.39, 0.29) is 5.91 Å². The Hall–Kier alpha value is -1.67. The number of amides is 1. The average molecular weight is 298 g/mol. The zero-order valence-electron chi connectivity index (χ0n) is 11.5. The number of anilines is 1. The second-order valence-corrected chi connectivity index (χ2v) is 6.62. The first-order valence-corrected chi connectivity index (χ1v) is 8.15.